The lowest BCUT2D eigenvalue weighted by molar-refractivity contribution is -0.233. The standard InChI is InChI=1S/C42H55FO6/c1-9-26(2)12-10-13-27(3)15-17-32-28(4)14-11-20-38(32,6)37(47)49-36-24-40(8)34(22-29(5)42(40,48)35(46)25-44)33-18-16-30-23-31(45)19-21-39(30,7)41(33,36)43/h9-10,12-13,15,17,19,21,23,29,33-34,36,44,48H,11,14,16,18,20,22,24-25H2,1-8H3/b12-10+,17-15+,26-9+,27-13+/t29-,33+,34+,36+,38?,39+,40+,41+,42+/m1/s1. The van der Waals surface area contributed by atoms with Crippen LogP contribution in [0.3, 0.4) is 0 Å². The van der Waals surface area contributed by atoms with E-state index >= 15 is 4.39 Å². The number of fused-ring (bicyclic) bond motifs is 5. The Balaban J connectivity index is 1.57. The second-order valence-electron chi connectivity index (χ2n) is 16.1. The van der Waals surface area contributed by atoms with E-state index in [0.29, 0.717) is 31.3 Å². The van der Waals surface area contributed by atoms with Crippen LogP contribution in [-0.2, 0) is 19.1 Å². The van der Waals surface area contributed by atoms with Crippen molar-refractivity contribution < 1.29 is 33.7 Å². The largest absolute Gasteiger partial charge is 0.458 e. The topological polar surface area (TPSA) is 101 Å². The fourth-order valence-electron chi connectivity index (χ4n) is 10.3. The van der Waals surface area contributed by atoms with Gasteiger partial charge >= 0.3 is 5.97 Å². The van der Waals surface area contributed by atoms with Gasteiger partial charge < -0.3 is 14.9 Å². The number of ketones is 2. The van der Waals surface area contributed by atoms with Crippen LogP contribution in [-0.4, -0.2) is 51.7 Å². The number of halogens is 1. The van der Waals surface area contributed by atoms with E-state index < -0.39 is 69.7 Å². The fourth-order valence-corrected chi connectivity index (χ4v) is 10.3. The molecule has 0 amide bonds. The van der Waals surface area contributed by atoms with Gasteiger partial charge in [0.2, 0.25) is 0 Å². The lowest BCUT2D eigenvalue weighted by Gasteiger charge is -2.63. The molecule has 6 nitrogen and oxygen atoms in total. The fraction of sp³-hybridized carbons (Fsp3) is 0.595. The Hall–Kier alpha value is -3.16. The number of carbonyl (C=O) groups excluding carboxylic acids is 3. The zero-order valence-corrected chi connectivity index (χ0v) is 30.6. The number of Topliss-reactive ketones (excluding diaryl/α,β-unsaturated/α-hetero) is 1. The van der Waals surface area contributed by atoms with E-state index in [0.717, 1.165) is 35.1 Å². The number of aliphatic hydroxyl groups is 2. The summed E-state index contributed by atoms with van der Waals surface area (Å²) in [6.07, 6.45) is 18.7. The van der Waals surface area contributed by atoms with Gasteiger partial charge in [0.15, 0.2) is 17.2 Å². The summed E-state index contributed by atoms with van der Waals surface area (Å²) in [6, 6.07) is 0. The summed E-state index contributed by atoms with van der Waals surface area (Å²) in [5.74, 6) is -2.99. The van der Waals surface area contributed by atoms with Gasteiger partial charge in [0, 0.05) is 16.7 Å². The van der Waals surface area contributed by atoms with Crippen molar-refractivity contribution in [2.24, 2.45) is 34.0 Å². The molecule has 3 fully saturated rings. The van der Waals surface area contributed by atoms with E-state index in [1.165, 1.54) is 12.2 Å². The van der Waals surface area contributed by atoms with Crippen molar-refractivity contribution in [3.05, 3.63) is 82.5 Å². The van der Waals surface area contributed by atoms with Crippen LogP contribution in [0.5, 0.6) is 0 Å². The van der Waals surface area contributed by atoms with Gasteiger partial charge in [0.05, 0.1) is 5.41 Å². The summed E-state index contributed by atoms with van der Waals surface area (Å²) in [4.78, 5) is 40.5. The minimum absolute atomic E-state index is 0.0859. The zero-order chi connectivity index (χ0) is 36.2. The zero-order valence-electron chi connectivity index (χ0n) is 30.6. The SMILES string of the molecule is C/C=C(C)/C=C/C=C(C)/C=C/C1=C(C)CCCC1(C)C(=O)O[C@H]1C[C@@]2(C)[C@@H](C[C@@H](C)[C@]2(O)C(=O)CO)[C@@H]2CCC3=CC(=O)C=C[C@]3(C)[C@@]12F. The summed E-state index contributed by atoms with van der Waals surface area (Å²) in [5, 5.41) is 22.2. The van der Waals surface area contributed by atoms with Gasteiger partial charge in [-0.3, -0.25) is 14.4 Å². The first-order valence-electron chi connectivity index (χ1n) is 18.0. The highest BCUT2D eigenvalue weighted by Gasteiger charge is 2.76. The second-order valence-corrected chi connectivity index (χ2v) is 16.1. The van der Waals surface area contributed by atoms with Crippen LogP contribution >= 0.6 is 0 Å². The van der Waals surface area contributed by atoms with Crippen molar-refractivity contribution in [3.8, 4) is 0 Å². The molecule has 49 heavy (non-hydrogen) atoms. The Morgan fingerprint density at radius 2 is 1.82 bits per heavy atom. The van der Waals surface area contributed by atoms with E-state index in [1.807, 2.05) is 78.0 Å². The summed E-state index contributed by atoms with van der Waals surface area (Å²) in [5.41, 5.74) is -2.64. The number of hydrogen-bond donors (Lipinski definition) is 2. The summed E-state index contributed by atoms with van der Waals surface area (Å²) in [7, 11) is 0. The lowest BCUT2D eigenvalue weighted by Crippen LogP contribution is -2.70. The first-order valence-corrected chi connectivity index (χ1v) is 18.0. The van der Waals surface area contributed by atoms with E-state index in [1.54, 1.807) is 19.9 Å². The molecular weight excluding hydrogens is 619 g/mol. The van der Waals surface area contributed by atoms with Gasteiger partial charge in [0.25, 0.3) is 0 Å². The number of aliphatic hydroxyl groups excluding tert-OH is 1. The van der Waals surface area contributed by atoms with Crippen molar-refractivity contribution in [2.75, 3.05) is 6.61 Å². The highest BCUT2D eigenvalue weighted by Crippen LogP contribution is 2.71. The van der Waals surface area contributed by atoms with Crippen molar-refractivity contribution in [3.63, 3.8) is 0 Å². The molecule has 0 bridgehead atoms. The van der Waals surface area contributed by atoms with Gasteiger partial charge in [-0.25, -0.2) is 4.39 Å². The summed E-state index contributed by atoms with van der Waals surface area (Å²) < 4.78 is 25.2. The summed E-state index contributed by atoms with van der Waals surface area (Å²) in [6.45, 7) is 14.5. The molecular formula is C42H55FO6. The molecule has 0 heterocycles. The van der Waals surface area contributed by atoms with Crippen molar-refractivity contribution in [2.45, 2.75) is 118 Å². The molecule has 266 valence electrons. The maximum atomic E-state index is 18.7. The Morgan fingerprint density at radius 1 is 1.10 bits per heavy atom. The molecule has 3 saturated carbocycles. The second kappa shape index (κ2) is 13.2. The van der Waals surface area contributed by atoms with Crippen LogP contribution < -0.4 is 0 Å². The van der Waals surface area contributed by atoms with E-state index in [4.69, 9.17) is 4.74 Å². The van der Waals surface area contributed by atoms with Crippen LogP contribution in [0.4, 0.5) is 4.39 Å². The lowest BCUT2D eigenvalue weighted by atomic mass is 9.44. The van der Waals surface area contributed by atoms with E-state index in [9.17, 15) is 24.6 Å². The van der Waals surface area contributed by atoms with Crippen LogP contribution in [0.1, 0.15) is 100 Å². The molecule has 5 aliphatic rings. The van der Waals surface area contributed by atoms with Crippen LogP contribution in [0.2, 0.25) is 0 Å². The van der Waals surface area contributed by atoms with Crippen LogP contribution in [0, 0.1) is 34.0 Å². The van der Waals surface area contributed by atoms with Crippen molar-refractivity contribution >= 4 is 17.5 Å². The predicted octanol–water partition coefficient (Wildman–Crippen LogP) is 7.98. The van der Waals surface area contributed by atoms with Gasteiger partial charge in [-0.05, 0) is 116 Å². The van der Waals surface area contributed by atoms with Crippen molar-refractivity contribution in [1.29, 1.82) is 0 Å². The molecule has 0 radical (unpaired) electrons. The molecule has 2 N–H and O–H groups in total. The Labute approximate surface area is 291 Å². The third kappa shape index (κ3) is 5.64. The highest BCUT2D eigenvalue weighted by atomic mass is 19.1. The highest BCUT2D eigenvalue weighted by molar-refractivity contribution is 6.01. The van der Waals surface area contributed by atoms with E-state index in [2.05, 4.69) is 0 Å². The molecule has 0 aliphatic heterocycles. The molecule has 0 aromatic heterocycles. The number of ether oxygens (including phenoxy) is 1. The predicted molar refractivity (Wildman–Crippen MR) is 190 cm³/mol. The monoisotopic (exact) mass is 674 g/mol. The van der Waals surface area contributed by atoms with Crippen LogP contribution in [0.15, 0.2) is 82.5 Å². The number of alkyl halides is 1. The molecule has 9 atom stereocenters. The Kier molecular flexibility index (Phi) is 9.99. The number of hydrogen-bond acceptors (Lipinski definition) is 6. The third-order valence-corrected chi connectivity index (χ3v) is 13.4. The van der Waals surface area contributed by atoms with Gasteiger partial charge in [-0.15, -0.1) is 0 Å². The number of carbonyl (C=O) groups is 3. The van der Waals surface area contributed by atoms with E-state index in [-0.39, 0.29) is 12.2 Å². The molecule has 0 saturated heterocycles. The molecule has 7 heteroatoms. The number of allylic oxidation sites excluding steroid dienone is 13. The maximum Gasteiger partial charge on any atom is 0.316 e. The molecule has 1 unspecified atom stereocenters. The number of esters is 1. The Morgan fingerprint density at radius 3 is 2.49 bits per heavy atom. The third-order valence-electron chi connectivity index (χ3n) is 13.4. The van der Waals surface area contributed by atoms with Crippen molar-refractivity contribution in [1.82, 2.24) is 0 Å². The average molecular weight is 675 g/mol. The minimum Gasteiger partial charge on any atom is -0.458 e. The summed E-state index contributed by atoms with van der Waals surface area (Å²) >= 11 is 0. The first kappa shape index (κ1) is 37.1. The molecule has 5 rings (SSSR count). The van der Waals surface area contributed by atoms with Crippen LogP contribution in [0.25, 0.3) is 0 Å². The van der Waals surface area contributed by atoms with Gasteiger partial charge in [-0.1, -0.05) is 78.7 Å². The average Bonchev–Trinajstić information content (AvgIpc) is 3.26. The molecule has 5 aliphatic carbocycles. The normalized spacial score (nSPS) is 41.1. The Bertz CT molecular complexity index is 1620. The minimum atomic E-state index is -2.10. The quantitative estimate of drug-likeness (QED) is 0.200. The van der Waals surface area contributed by atoms with Gasteiger partial charge in [-0.2, -0.15) is 0 Å². The number of rotatable bonds is 8. The van der Waals surface area contributed by atoms with Gasteiger partial charge in [0.1, 0.15) is 18.3 Å². The maximum absolute atomic E-state index is 18.7. The first-order chi connectivity index (χ1) is 22.9. The molecule has 0 spiro atoms. The molecule has 0 aromatic rings. The molecule has 0 aromatic carbocycles. The smallest absolute Gasteiger partial charge is 0.316 e.